The first kappa shape index (κ1) is 12.9. The summed E-state index contributed by atoms with van der Waals surface area (Å²) in [5, 5.41) is 3.43. The largest absolute Gasteiger partial charge is 0.382 e. The number of hydrogen-bond acceptors (Lipinski definition) is 3. The minimum atomic E-state index is 0.551. The summed E-state index contributed by atoms with van der Waals surface area (Å²) < 4.78 is 10.8. The molecule has 0 spiro atoms. The fourth-order valence-corrected chi connectivity index (χ4v) is 1.90. The molecule has 0 radical (unpaired) electrons. The van der Waals surface area contributed by atoms with Crippen LogP contribution in [0.1, 0.15) is 39.0 Å². The van der Waals surface area contributed by atoms with E-state index in [0.29, 0.717) is 6.10 Å². The molecule has 1 N–H and O–H groups in total. The Morgan fingerprint density at radius 1 is 1.33 bits per heavy atom. The maximum Gasteiger partial charge on any atom is 0.0576 e. The van der Waals surface area contributed by atoms with E-state index in [4.69, 9.17) is 9.47 Å². The predicted octanol–water partition coefficient (Wildman–Crippen LogP) is 1.96. The summed E-state index contributed by atoms with van der Waals surface area (Å²) in [5.74, 6) is 0. The second kappa shape index (κ2) is 9.13. The number of nitrogens with one attached hydrogen (secondary N) is 1. The molecule has 1 aliphatic heterocycles. The lowest BCUT2D eigenvalue weighted by atomic mass is 10.1. The van der Waals surface area contributed by atoms with Crippen molar-refractivity contribution in [1.82, 2.24) is 5.32 Å². The first-order chi connectivity index (χ1) is 7.43. The van der Waals surface area contributed by atoms with Crippen LogP contribution in [-0.2, 0) is 9.47 Å². The van der Waals surface area contributed by atoms with Crippen LogP contribution in [0.25, 0.3) is 0 Å². The monoisotopic (exact) mass is 215 g/mol. The van der Waals surface area contributed by atoms with Gasteiger partial charge in [0.2, 0.25) is 0 Å². The second-order valence-electron chi connectivity index (χ2n) is 4.08. The van der Waals surface area contributed by atoms with Crippen LogP contribution < -0.4 is 5.32 Å². The SMILES string of the molecule is CCOCCCNCCCC1CCCO1. The molecule has 3 nitrogen and oxygen atoms in total. The van der Waals surface area contributed by atoms with Gasteiger partial charge in [-0.2, -0.15) is 0 Å². The van der Waals surface area contributed by atoms with E-state index >= 15 is 0 Å². The van der Waals surface area contributed by atoms with Crippen LogP contribution in [0.3, 0.4) is 0 Å². The van der Waals surface area contributed by atoms with E-state index < -0.39 is 0 Å². The smallest absolute Gasteiger partial charge is 0.0576 e. The molecule has 1 heterocycles. The first-order valence-corrected chi connectivity index (χ1v) is 6.33. The van der Waals surface area contributed by atoms with Gasteiger partial charge in [0.1, 0.15) is 0 Å². The van der Waals surface area contributed by atoms with Gasteiger partial charge in [-0.05, 0) is 52.1 Å². The minimum Gasteiger partial charge on any atom is -0.382 e. The van der Waals surface area contributed by atoms with Gasteiger partial charge in [-0.15, -0.1) is 0 Å². The normalized spacial score (nSPS) is 21.0. The first-order valence-electron chi connectivity index (χ1n) is 6.33. The van der Waals surface area contributed by atoms with Crippen molar-refractivity contribution in [2.75, 3.05) is 32.9 Å². The highest BCUT2D eigenvalue weighted by Gasteiger charge is 2.13. The van der Waals surface area contributed by atoms with E-state index in [9.17, 15) is 0 Å². The van der Waals surface area contributed by atoms with Crippen molar-refractivity contribution in [2.24, 2.45) is 0 Å². The number of ether oxygens (including phenoxy) is 2. The molecule has 1 saturated heterocycles. The Morgan fingerprint density at radius 3 is 2.93 bits per heavy atom. The van der Waals surface area contributed by atoms with E-state index in [1.165, 1.54) is 25.7 Å². The minimum absolute atomic E-state index is 0.551. The molecule has 1 rings (SSSR count). The summed E-state index contributed by atoms with van der Waals surface area (Å²) in [6.45, 7) is 6.92. The highest BCUT2D eigenvalue weighted by atomic mass is 16.5. The van der Waals surface area contributed by atoms with Crippen LogP contribution in [0.15, 0.2) is 0 Å². The van der Waals surface area contributed by atoms with Gasteiger partial charge < -0.3 is 14.8 Å². The molecule has 0 amide bonds. The van der Waals surface area contributed by atoms with Gasteiger partial charge in [0.15, 0.2) is 0 Å². The Kier molecular flexibility index (Phi) is 7.88. The molecule has 0 saturated carbocycles. The van der Waals surface area contributed by atoms with Crippen molar-refractivity contribution in [3.63, 3.8) is 0 Å². The maximum atomic E-state index is 5.56. The van der Waals surface area contributed by atoms with Gasteiger partial charge >= 0.3 is 0 Å². The molecule has 0 aromatic rings. The molecular formula is C12H25NO2. The van der Waals surface area contributed by atoms with Crippen molar-refractivity contribution in [3.8, 4) is 0 Å². The van der Waals surface area contributed by atoms with Crippen LogP contribution in [0.5, 0.6) is 0 Å². The van der Waals surface area contributed by atoms with Crippen LogP contribution in [0.2, 0.25) is 0 Å². The molecule has 0 aliphatic carbocycles. The van der Waals surface area contributed by atoms with Gasteiger partial charge in [-0.1, -0.05) is 0 Å². The lowest BCUT2D eigenvalue weighted by molar-refractivity contribution is 0.102. The highest BCUT2D eigenvalue weighted by molar-refractivity contribution is 4.65. The average Bonchev–Trinajstić information content (AvgIpc) is 2.75. The molecule has 1 fully saturated rings. The predicted molar refractivity (Wildman–Crippen MR) is 62.2 cm³/mol. The quantitative estimate of drug-likeness (QED) is 0.596. The van der Waals surface area contributed by atoms with E-state index in [2.05, 4.69) is 5.32 Å². The highest BCUT2D eigenvalue weighted by Crippen LogP contribution is 2.16. The Bertz CT molecular complexity index is 136. The van der Waals surface area contributed by atoms with Crippen LogP contribution >= 0.6 is 0 Å². The van der Waals surface area contributed by atoms with Gasteiger partial charge in [0.05, 0.1) is 6.10 Å². The molecule has 15 heavy (non-hydrogen) atoms. The summed E-state index contributed by atoms with van der Waals surface area (Å²) in [7, 11) is 0. The summed E-state index contributed by atoms with van der Waals surface area (Å²) in [6, 6.07) is 0. The maximum absolute atomic E-state index is 5.56. The van der Waals surface area contributed by atoms with Crippen LogP contribution in [-0.4, -0.2) is 39.0 Å². The van der Waals surface area contributed by atoms with Gasteiger partial charge in [0.25, 0.3) is 0 Å². The molecular weight excluding hydrogens is 190 g/mol. The second-order valence-corrected chi connectivity index (χ2v) is 4.08. The van der Waals surface area contributed by atoms with Crippen molar-refractivity contribution < 1.29 is 9.47 Å². The number of hydrogen-bond donors (Lipinski definition) is 1. The molecule has 3 heteroatoms. The number of rotatable bonds is 9. The van der Waals surface area contributed by atoms with Crippen LogP contribution in [0.4, 0.5) is 0 Å². The summed E-state index contributed by atoms with van der Waals surface area (Å²) >= 11 is 0. The lowest BCUT2D eigenvalue weighted by Gasteiger charge is -2.09. The van der Waals surface area contributed by atoms with Crippen molar-refractivity contribution >= 4 is 0 Å². The van der Waals surface area contributed by atoms with Gasteiger partial charge in [0, 0.05) is 19.8 Å². The Hall–Kier alpha value is -0.120. The third-order valence-electron chi connectivity index (χ3n) is 2.75. The van der Waals surface area contributed by atoms with E-state index in [0.717, 1.165) is 39.3 Å². The summed E-state index contributed by atoms with van der Waals surface area (Å²) in [6.07, 6.45) is 6.65. The Balaban J connectivity index is 1.73. The topological polar surface area (TPSA) is 30.5 Å². The third kappa shape index (κ3) is 6.88. The van der Waals surface area contributed by atoms with E-state index in [1.807, 2.05) is 6.92 Å². The summed E-state index contributed by atoms with van der Waals surface area (Å²) in [4.78, 5) is 0. The fourth-order valence-electron chi connectivity index (χ4n) is 1.90. The zero-order chi connectivity index (χ0) is 10.8. The molecule has 0 bridgehead atoms. The molecule has 1 atom stereocenters. The standard InChI is InChI=1S/C12H25NO2/c1-2-14-10-5-9-13-8-3-6-12-7-4-11-15-12/h12-13H,2-11H2,1H3. The molecule has 90 valence electrons. The molecule has 0 aromatic heterocycles. The zero-order valence-electron chi connectivity index (χ0n) is 9.96. The average molecular weight is 215 g/mol. The van der Waals surface area contributed by atoms with E-state index in [1.54, 1.807) is 0 Å². The van der Waals surface area contributed by atoms with Gasteiger partial charge in [-0.25, -0.2) is 0 Å². The Labute approximate surface area is 93.5 Å². The molecule has 1 aliphatic rings. The van der Waals surface area contributed by atoms with Gasteiger partial charge in [-0.3, -0.25) is 0 Å². The summed E-state index contributed by atoms with van der Waals surface area (Å²) in [5.41, 5.74) is 0. The lowest BCUT2D eigenvalue weighted by Crippen LogP contribution is -2.19. The zero-order valence-corrected chi connectivity index (χ0v) is 9.96. The third-order valence-corrected chi connectivity index (χ3v) is 2.75. The van der Waals surface area contributed by atoms with Crippen molar-refractivity contribution in [1.29, 1.82) is 0 Å². The van der Waals surface area contributed by atoms with Crippen LogP contribution in [0, 0.1) is 0 Å². The van der Waals surface area contributed by atoms with Crippen molar-refractivity contribution in [3.05, 3.63) is 0 Å². The Morgan fingerprint density at radius 2 is 2.20 bits per heavy atom. The fraction of sp³-hybridized carbons (Fsp3) is 1.00. The van der Waals surface area contributed by atoms with E-state index in [-0.39, 0.29) is 0 Å². The van der Waals surface area contributed by atoms with Crippen molar-refractivity contribution in [2.45, 2.75) is 45.1 Å². The molecule has 1 unspecified atom stereocenters. The molecule has 0 aromatic carbocycles.